The third-order valence-electron chi connectivity index (χ3n) is 3.45. The third kappa shape index (κ3) is 5.47. The van der Waals surface area contributed by atoms with E-state index < -0.39 is 35.9 Å². The van der Waals surface area contributed by atoms with Crippen molar-refractivity contribution in [1.29, 1.82) is 5.26 Å². The van der Waals surface area contributed by atoms with E-state index in [1.807, 2.05) is 6.07 Å². The predicted octanol–water partition coefficient (Wildman–Crippen LogP) is 3.15. The van der Waals surface area contributed by atoms with Crippen LogP contribution in [0.4, 0.5) is 24.5 Å². The summed E-state index contributed by atoms with van der Waals surface area (Å²) in [5.41, 5.74) is 5.02. The van der Waals surface area contributed by atoms with Crippen molar-refractivity contribution >= 4 is 23.3 Å². The first kappa shape index (κ1) is 19.8. The van der Waals surface area contributed by atoms with Gasteiger partial charge in [-0.3, -0.25) is 4.79 Å². The minimum Gasteiger partial charge on any atom is -0.452 e. The van der Waals surface area contributed by atoms with Crippen LogP contribution in [0, 0.1) is 11.3 Å². The number of carbonyl (C=O) groups excluding carboxylic acids is 2. The first-order chi connectivity index (χ1) is 12.7. The van der Waals surface area contributed by atoms with Crippen LogP contribution in [0.5, 0.6) is 0 Å². The summed E-state index contributed by atoms with van der Waals surface area (Å²) in [6.07, 6.45) is -4.35. The molecule has 0 aliphatic rings. The van der Waals surface area contributed by atoms with Gasteiger partial charge in [-0.25, -0.2) is 4.79 Å². The Balaban J connectivity index is 1.93. The Kier molecular flexibility index (Phi) is 6.03. The number of nitrogen functional groups attached to an aromatic ring is 1. The van der Waals surface area contributed by atoms with Gasteiger partial charge < -0.3 is 15.8 Å². The lowest BCUT2D eigenvalue weighted by Gasteiger charge is -2.11. The minimum atomic E-state index is -4.58. The minimum absolute atomic E-state index is 0.236. The molecule has 0 aliphatic carbocycles. The van der Waals surface area contributed by atoms with Gasteiger partial charge in [0.2, 0.25) is 0 Å². The molecule has 0 saturated carbocycles. The largest absolute Gasteiger partial charge is 0.452 e. The number of halogens is 3. The second kappa shape index (κ2) is 8.23. The molecule has 0 radical (unpaired) electrons. The number of hydrogen-bond donors (Lipinski definition) is 2. The number of esters is 1. The summed E-state index contributed by atoms with van der Waals surface area (Å²) in [6, 6.07) is 10.7. The van der Waals surface area contributed by atoms with E-state index in [9.17, 15) is 22.8 Å². The molecule has 0 fully saturated rings. The summed E-state index contributed by atoms with van der Waals surface area (Å²) >= 11 is 0. The average molecular weight is 377 g/mol. The second-order valence-corrected chi connectivity index (χ2v) is 5.46. The van der Waals surface area contributed by atoms with Gasteiger partial charge >= 0.3 is 12.1 Å². The summed E-state index contributed by atoms with van der Waals surface area (Å²) in [5.74, 6) is -1.65. The number of alkyl halides is 3. The van der Waals surface area contributed by atoms with Gasteiger partial charge in [0, 0.05) is 11.4 Å². The highest BCUT2D eigenvalue weighted by Gasteiger charge is 2.31. The number of nitrogens with one attached hydrogen (secondary N) is 1. The standard InChI is InChI=1S/C18H14F3N3O3/c19-18(20,21)12-3-6-14(15(23)9-12)17(26)27-10-16(25)24-13-4-1-11(2-5-13)7-8-22/h1-6,9H,7,10,23H2,(H,24,25). The van der Waals surface area contributed by atoms with Crippen molar-refractivity contribution < 1.29 is 27.5 Å². The number of rotatable bonds is 5. The Morgan fingerprint density at radius 2 is 1.81 bits per heavy atom. The molecule has 0 bridgehead atoms. The normalized spacial score (nSPS) is 10.7. The van der Waals surface area contributed by atoms with E-state index in [0.717, 1.165) is 11.6 Å². The number of amides is 1. The topological polar surface area (TPSA) is 105 Å². The monoisotopic (exact) mass is 377 g/mol. The van der Waals surface area contributed by atoms with Gasteiger partial charge in [0.25, 0.3) is 5.91 Å². The van der Waals surface area contributed by atoms with Crippen LogP contribution in [0.25, 0.3) is 0 Å². The Labute approximate surface area is 152 Å². The molecule has 9 heteroatoms. The molecular formula is C18H14F3N3O3. The number of nitrogens with zero attached hydrogens (tertiary/aromatic N) is 1. The molecule has 2 aromatic carbocycles. The Morgan fingerprint density at radius 1 is 1.15 bits per heavy atom. The third-order valence-corrected chi connectivity index (χ3v) is 3.45. The van der Waals surface area contributed by atoms with E-state index in [-0.39, 0.29) is 12.0 Å². The fourth-order valence-electron chi connectivity index (χ4n) is 2.13. The van der Waals surface area contributed by atoms with Gasteiger partial charge in [0.05, 0.1) is 23.6 Å². The summed E-state index contributed by atoms with van der Waals surface area (Å²) in [6.45, 7) is -0.640. The van der Waals surface area contributed by atoms with Crippen molar-refractivity contribution in [2.45, 2.75) is 12.6 Å². The number of ether oxygens (including phenoxy) is 1. The first-order valence-corrected chi connectivity index (χ1v) is 7.60. The summed E-state index contributed by atoms with van der Waals surface area (Å²) in [7, 11) is 0. The van der Waals surface area contributed by atoms with E-state index in [1.165, 1.54) is 0 Å². The van der Waals surface area contributed by atoms with Crippen LogP contribution in [0.15, 0.2) is 42.5 Å². The Morgan fingerprint density at radius 3 is 2.37 bits per heavy atom. The predicted molar refractivity (Wildman–Crippen MR) is 90.5 cm³/mol. The zero-order valence-electron chi connectivity index (χ0n) is 13.8. The SMILES string of the molecule is N#CCc1ccc(NC(=O)COC(=O)c2ccc(C(F)(F)F)cc2N)cc1. The van der Waals surface area contributed by atoms with Crippen LogP contribution < -0.4 is 11.1 Å². The highest BCUT2D eigenvalue weighted by molar-refractivity contribution is 5.98. The van der Waals surface area contributed by atoms with E-state index in [1.54, 1.807) is 24.3 Å². The molecule has 0 atom stereocenters. The highest BCUT2D eigenvalue weighted by Crippen LogP contribution is 2.31. The molecule has 2 aromatic rings. The van der Waals surface area contributed by atoms with Crippen molar-refractivity contribution in [3.05, 3.63) is 59.2 Å². The van der Waals surface area contributed by atoms with Gasteiger partial charge in [-0.05, 0) is 35.9 Å². The van der Waals surface area contributed by atoms with E-state index in [0.29, 0.717) is 17.8 Å². The van der Waals surface area contributed by atoms with E-state index >= 15 is 0 Å². The zero-order chi connectivity index (χ0) is 20.0. The first-order valence-electron chi connectivity index (χ1n) is 7.60. The van der Waals surface area contributed by atoms with Crippen molar-refractivity contribution in [2.75, 3.05) is 17.7 Å². The molecule has 140 valence electrons. The molecule has 0 unspecified atom stereocenters. The molecule has 0 saturated heterocycles. The van der Waals surface area contributed by atoms with Crippen LogP contribution in [0.2, 0.25) is 0 Å². The molecule has 27 heavy (non-hydrogen) atoms. The molecule has 0 heterocycles. The molecule has 3 N–H and O–H groups in total. The maximum Gasteiger partial charge on any atom is 0.416 e. The fourth-order valence-corrected chi connectivity index (χ4v) is 2.13. The van der Waals surface area contributed by atoms with Crippen LogP contribution >= 0.6 is 0 Å². The number of anilines is 2. The molecule has 0 aromatic heterocycles. The summed E-state index contributed by atoms with van der Waals surface area (Å²) in [5, 5.41) is 11.1. The lowest BCUT2D eigenvalue weighted by molar-refractivity contribution is -0.137. The quantitative estimate of drug-likeness (QED) is 0.615. The summed E-state index contributed by atoms with van der Waals surface area (Å²) in [4.78, 5) is 23.7. The van der Waals surface area contributed by atoms with Gasteiger partial charge in [0.15, 0.2) is 6.61 Å². The second-order valence-electron chi connectivity index (χ2n) is 5.46. The van der Waals surface area contributed by atoms with Gasteiger partial charge in [0.1, 0.15) is 0 Å². The maximum atomic E-state index is 12.6. The molecule has 1 amide bonds. The lowest BCUT2D eigenvalue weighted by Crippen LogP contribution is -2.21. The van der Waals surface area contributed by atoms with Crippen molar-refractivity contribution in [1.82, 2.24) is 0 Å². The van der Waals surface area contributed by atoms with Crippen molar-refractivity contribution in [2.24, 2.45) is 0 Å². The number of nitrogens with two attached hydrogens (primary N) is 1. The highest BCUT2D eigenvalue weighted by atomic mass is 19.4. The summed E-state index contributed by atoms with van der Waals surface area (Å²) < 4.78 is 42.5. The number of benzene rings is 2. The van der Waals surface area contributed by atoms with E-state index in [4.69, 9.17) is 15.7 Å². The number of hydrogen-bond acceptors (Lipinski definition) is 5. The lowest BCUT2D eigenvalue weighted by atomic mass is 10.1. The molecule has 0 aliphatic heterocycles. The number of carbonyl (C=O) groups is 2. The average Bonchev–Trinajstić information content (AvgIpc) is 2.61. The van der Waals surface area contributed by atoms with Crippen LogP contribution in [0.3, 0.4) is 0 Å². The zero-order valence-corrected chi connectivity index (χ0v) is 13.8. The van der Waals surface area contributed by atoms with Gasteiger partial charge in [-0.15, -0.1) is 0 Å². The fraction of sp³-hybridized carbons (Fsp3) is 0.167. The molecule has 6 nitrogen and oxygen atoms in total. The van der Waals surface area contributed by atoms with E-state index in [2.05, 4.69) is 5.32 Å². The van der Waals surface area contributed by atoms with Crippen molar-refractivity contribution in [3.8, 4) is 6.07 Å². The van der Waals surface area contributed by atoms with Gasteiger partial charge in [-0.2, -0.15) is 18.4 Å². The van der Waals surface area contributed by atoms with Crippen molar-refractivity contribution in [3.63, 3.8) is 0 Å². The van der Waals surface area contributed by atoms with Crippen LogP contribution in [0.1, 0.15) is 21.5 Å². The molecular weight excluding hydrogens is 363 g/mol. The number of nitriles is 1. The smallest absolute Gasteiger partial charge is 0.416 e. The van der Waals surface area contributed by atoms with Gasteiger partial charge in [-0.1, -0.05) is 12.1 Å². The van der Waals surface area contributed by atoms with Crippen LogP contribution in [-0.4, -0.2) is 18.5 Å². The molecule has 2 rings (SSSR count). The maximum absolute atomic E-state index is 12.6. The Hall–Kier alpha value is -3.54. The van der Waals surface area contributed by atoms with Crippen LogP contribution in [-0.2, 0) is 22.1 Å². The molecule has 0 spiro atoms. The Bertz CT molecular complexity index is 887.